The highest BCUT2D eigenvalue weighted by molar-refractivity contribution is 7.17. The second-order valence-electron chi connectivity index (χ2n) is 10.4. The van der Waals surface area contributed by atoms with Crippen molar-refractivity contribution in [1.29, 1.82) is 0 Å². The lowest BCUT2D eigenvalue weighted by molar-refractivity contribution is -0.126. The second-order valence-corrected chi connectivity index (χ2v) is 11.3. The van der Waals surface area contributed by atoms with Gasteiger partial charge in [-0.15, -0.1) is 11.3 Å². The quantitative estimate of drug-likeness (QED) is 0.272. The maximum Gasteiger partial charge on any atom is 0.234 e. The summed E-state index contributed by atoms with van der Waals surface area (Å²) in [5, 5.41) is 3.55. The number of fused-ring (bicyclic) bond motifs is 2. The number of anilines is 2. The number of hydrogen-bond acceptors (Lipinski definition) is 6. The van der Waals surface area contributed by atoms with Crippen molar-refractivity contribution < 1.29 is 14.3 Å². The van der Waals surface area contributed by atoms with Crippen LogP contribution in [-0.2, 0) is 16.0 Å². The first-order valence-corrected chi connectivity index (χ1v) is 15.1. The lowest BCUT2D eigenvalue weighted by Crippen LogP contribution is -2.46. The minimum absolute atomic E-state index is 0.0892. The fourth-order valence-electron chi connectivity index (χ4n) is 5.55. The first-order valence-electron chi connectivity index (χ1n) is 14.2. The zero-order valence-corrected chi connectivity index (χ0v) is 23.3. The van der Waals surface area contributed by atoms with Gasteiger partial charge < -0.3 is 9.64 Å². The molecule has 5 rings (SSSR count). The maximum absolute atomic E-state index is 12.8. The molecule has 0 atom stereocenters. The predicted octanol–water partition coefficient (Wildman–Crippen LogP) is 6.27. The van der Waals surface area contributed by atoms with Gasteiger partial charge in [0, 0.05) is 60.9 Å². The van der Waals surface area contributed by atoms with Crippen molar-refractivity contribution in [2.45, 2.75) is 58.3 Å². The molecule has 2 aliphatic rings. The van der Waals surface area contributed by atoms with Crippen LogP contribution in [0.25, 0.3) is 10.1 Å². The van der Waals surface area contributed by atoms with Crippen LogP contribution in [0.1, 0.15) is 57.4 Å². The average Bonchev–Trinajstić information content (AvgIpc) is 3.42. The molecule has 1 fully saturated rings. The normalized spacial score (nSPS) is 16.2. The van der Waals surface area contributed by atoms with Crippen molar-refractivity contribution in [2.24, 2.45) is 0 Å². The van der Waals surface area contributed by atoms with Crippen molar-refractivity contribution in [3.8, 4) is 5.75 Å². The second kappa shape index (κ2) is 12.8. The van der Waals surface area contributed by atoms with Crippen LogP contribution in [0, 0.1) is 0 Å². The summed E-state index contributed by atoms with van der Waals surface area (Å²) in [5.41, 5.74) is 3.14. The summed E-state index contributed by atoms with van der Waals surface area (Å²) in [6.45, 7) is 8.13. The van der Waals surface area contributed by atoms with Gasteiger partial charge in [0.1, 0.15) is 5.75 Å². The van der Waals surface area contributed by atoms with Crippen molar-refractivity contribution in [1.82, 2.24) is 4.90 Å². The van der Waals surface area contributed by atoms with Crippen LogP contribution in [0.2, 0.25) is 0 Å². The molecule has 3 aromatic rings. The molecule has 0 spiro atoms. The molecule has 0 aliphatic carbocycles. The highest BCUT2D eigenvalue weighted by Crippen LogP contribution is 2.33. The number of thiophene rings is 1. The molecule has 2 aromatic carbocycles. The molecule has 202 valence electrons. The SMILES string of the molecule is CCCCCC(=O)N1C(=O)CCc2ccc(OCCCCN3CCN(c4cccc5sccc45)CC3)cc21. The van der Waals surface area contributed by atoms with Crippen LogP contribution in [0.5, 0.6) is 5.75 Å². The van der Waals surface area contributed by atoms with Gasteiger partial charge in [-0.3, -0.25) is 19.4 Å². The van der Waals surface area contributed by atoms with E-state index in [2.05, 4.69) is 46.4 Å². The number of imide groups is 1. The number of rotatable bonds is 11. The van der Waals surface area contributed by atoms with Gasteiger partial charge in [0.05, 0.1) is 12.3 Å². The van der Waals surface area contributed by atoms with E-state index in [1.165, 1.54) is 20.7 Å². The number of ether oxygens (including phenoxy) is 1. The number of amides is 2. The van der Waals surface area contributed by atoms with E-state index in [-0.39, 0.29) is 11.8 Å². The maximum atomic E-state index is 12.8. The molecular weight excluding hydrogens is 494 g/mol. The molecule has 1 saturated heterocycles. The Morgan fingerprint density at radius 2 is 1.82 bits per heavy atom. The summed E-state index contributed by atoms with van der Waals surface area (Å²) in [6, 6.07) is 14.7. The van der Waals surface area contributed by atoms with E-state index in [1.807, 2.05) is 29.5 Å². The van der Waals surface area contributed by atoms with Crippen molar-refractivity contribution in [3.63, 3.8) is 0 Å². The van der Waals surface area contributed by atoms with Gasteiger partial charge in [-0.05, 0) is 67.4 Å². The standard InChI is InChI=1S/C31H39N3O3S/c1-2-3-4-10-30(35)34-28-23-25(13-11-24(28)12-14-31(34)36)37-21-6-5-16-32-17-19-33(20-18-32)27-8-7-9-29-26(27)15-22-38-29/h7-9,11,13,15,22-23H,2-6,10,12,14,16-21H2,1H3. The molecule has 38 heavy (non-hydrogen) atoms. The number of carbonyl (C=O) groups is 2. The first kappa shape index (κ1) is 26.7. The molecule has 2 amide bonds. The molecule has 1 aromatic heterocycles. The Morgan fingerprint density at radius 3 is 2.66 bits per heavy atom. The number of aryl methyl sites for hydroxylation is 1. The Hall–Kier alpha value is -2.90. The fraction of sp³-hybridized carbons (Fsp3) is 0.484. The van der Waals surface area contributed by atoms with Gasteiger partial charge in [-0.25, -0.2) is 0 Å². The van der Waals surface area contributed by atoms with E-state index in [1.54, 1.807) is 0 Å². The number of carbonyl (C=O) groups excluding carboxylic acids is 2. The fourth-order valence-corrected chi connectivity index (χ4v) is 6.35. The smallest absolute Gasteiger partial charge is 0.234 e. The van der Waals surface area contributed by atoms with Gasteiger partial charge >= 0.3 is 0 Å². The molecular formula is C31H39N3O3S. The molecule has 0 unspecified atom stereocenters. The highest BCUT2D eigenvalue weighted by Gasteiger charge is 2.29. The number of nitrogens with zero attached hydrogens (tertiary/aromatic N) is 3. The average molecular weight is 534 g/mol. The minimum Gasteiger partial charge on any atom is -0.494 e. The van der Waals surface area contributed by atoms with E-state index >= 15 is 0 Å². The lowest BCUT2D eigenvalue weighted by atomic mass is 10.00. The van der Waals surface area contributed by atoms with Gasteiger partial charge in [0.15, 0.2) is 0 Å². The minimum atomic E-state index is -0.0942. The van der Waals surface area contributed by atoms with Gasteiger partial charge in [0.25, 0.3) is 0 Å². The monoisotopic (exact) mass is 533 g/mol. The third kappa shape index (κ3) is 6.21. The van der Waals surface area contributed by atoms with Crippen molar-refractivity contribution in [3.05, 3.63) is 53.4 Å². The number of unbranched alkanes of at least 4 members (excludes halogenated alkanes) is 3. The summed E-state index contributed by atoms with van der Waals surface area (Å²) in [6.07, 6.45) is 6.44. The topological polar surface area (TPSA) is 53.1 Å². The van der Waals surface area contributed by atoms with Crippen LogP contribution in [0.3, 0.4) is 0 Å². The molecule has 0 radical (unpaired) electrons. The summed E-state index contributed by atoms with van der Waals surface area (Å²) < 4.78 is 7.42. The Morgan fingerprint density at radius 1 is 0.947 bits per heavy atom. The predicted molar refractivity (Wildman–Crippen MR) is 157 cm³/mol. The van der Waals surface area contributed by atoms with Gasteiger partial charge in [-0.1, -0.05) is 31.9 Å². The molecule has 0 bridgehead atoms. The van der Waals surface area contributed by atoms with Gasteiger partial charge in [-0.2, -0.15) is 0 Å². The van der Waals surface area contributed by atoms with E-state index in [4.69, 9.17) is 4.74 Å². The Balaban J connectivity index is 1.06. The van der Waals surface area contributed by atoms with E-state index in [9.17, 15) is 9.59 Å². The highest BCUT2D eigenvalue weighted by atomic mass is 32.1. The van der Waals surface area contributed by atoms with Crippen molar-refractivity contribution >= 4 is 44.6 Å². The zero-order chi connectivity index (χ0) is 26.3. The Bertz CT molecular complexity index is 1250. The summed E-state index contributed by atoms with van der Waals surface area (Å²) in [4.78, 5) is 31.9. The zero-order valence-electron chi connectivity index (χ0n) is 22.5. The summed E-state index contributed by atoms with van der Waals surface area (Å²) in [7, 11) is 0. The molecule has 7 heteroatoms. The number of hydrogen-bond donors (Lipinski definition) is 0. The number of benzene rings is 2. The van der Waals surface area contributed by atoms with Crippen molar-refractivity contribution in [2.75, 3.05) is 49.1 Å². The Kier molecular flexibility index (Phi) is 8.97. The summed E-state index contributed by atoms with van der Waals surface area (Å²) in [5.74, 6) is 0.554. The summed E-state index contributed by atoms with van der Waals surface area (Å²) >= 11 is 1.81. The van der Waals surface area contributed by atoms with Crippen LogP contribution >= 0.6 is 11.3 Å². The molecule has 2 aliphatic heterocycles. The van der Waals surface area contributed by atoms with E-state index in [0.29, 0.717) is 25.9 Å². The van der Waals surface area contributed by atoms with Crippen LogP contribution in [-0.4, -0.2) is 56.0 Å². The van der Waals surface area contributed by atoms with E-state index < -0.39 is 0 Å². The molecule has 3 heterocycles. The van der Waals surface area contributed by atoms with E-state index in [0.717, 1.165) is 81.8 Å². The number of piperazine rings is 1. The third-order valence-electron chi connectivity index (χ3n) is 7.72. The lowest BCUT2D eigenvalue weighted by Gasteiger charge is -2.36. The van der Waals surface area contributed by atoms with Crippen LogP contribution in [0.4, 0.5) is 11.4 Å². The molecule has 0 N–H and O–H groups in total. The molecule has 6 nitrogen and oxygen atoms in total. The first-order chi connectivity index (χ1) is 18.6. The largest absolute Gasteiger partial charge is 0.494 e. The Labute approximate surface area is 230 Å². The van der Waals surface area contributed by atoms with Crippen LogP contribution < -0.4 is 14.5 Å². The molecule has 0 saturated carbocycles. The van der Waals surface area contributed by atoms with Gasteiger partial charge in [0.2, 0.25) is 11.8 Å². The van der Waals surface area contributed by atoms with Crippen LogP contribution in [0.15, 0.2) is 47.8 Å². The third-order valence-corrected chi connectivity index (χ3v) is 8.60.